The maximum absolute atomic E-state index is 13.6. The Kier molecular flexibility index (Phi) is 33.6. The molecule has 0 aromatic carbocycles. The van der Waals surface area contributed by atoms with Crippen LogP contribution < -0.4 is 16.0 Å². The van der Waals surface area contributed by atoms with Crippen LogP contribution in [0.1, 0.15) is 85.5 Å². The Morgan fingerprint density at radius 1 is 0.622 bits per heavy atom. The molecule has 514 valence electrons. The van der Waals surface area contributed by atoms with E-state index in [0.717, 1.165) is 0 Å². The largest absolute Gasteiger partial charge is 0.462 e. The van der Waals surface area contributed by atoms with Crippen molar-refractivity contribution >= 4 is 26.2 Å². The summed E-state index contributed by atoms with van der Waals surface area (Å²) in [7, 11) is -1.61. The monoisotopic (exact) mass is 1300 g/mol. The molecule has 0 aromatic heterocycles. The maximum Gasteiger partial charge on any atom is 0.407 e. The molecule has 3 fully saturated rings. The lowest BCUT2D eigenvalue weighted by molar-refractivity contribution is -0.303. The molecular weight excluding hydrogens is 1200 g/mol. The number of aliphatic hydroxyl groups is 14. The van der Waals surface area contributed by atoms with E-state index in [0.29, 0.717) is 6.04 Å². The SMILES string of the molecule is CC1OC(=O)C[C@H](O)C[C@H](O)CC[C@@H](O)[C@H](O)C[C@H](O)C[C@]2(O)C[C@H](O)[C@@H](NC(=O)NCCCO[C@H]3O[C@H](CO)[C@@H](O)[C@H](O)[C@@H]3O)[C@H](C[C@@H](O[C@@H]3O[C@H](C)[C@@H](O)[C@H](NC(=O)OCC[Si](C)(C)C)[C@@H]3O)/C=C/C=C/C=C/C=C/C=C/C=C/C=C/[C@H](C)[C@@H](O)[C@H]1C)O2. The first-order chi connectivity index (χ1) is 42.4. The van der Waals surface area contributed by atoms with Crippen molar-refractivity contribution in [3.8, 4) is 0 Å². The summed E-state index contributed by atoms with van der Waals surface area (Å²) in [6.07, 6.45) is -6.60. The number of aliphatic hydroxyl groups excluding tert-OH is 13. The number of amides is 3. The molecular formula is C62H103N3O24Si. The molecule has 4 aliphatic rings. The molecule has 28 heteroatoms. The van der Waals surface area contributed by atoms with Crippen LogP contribution in [0.15, 0.2) is 85.1 Å². The number of carbonyl (C=O) groups excluding carboxylic acids is 3. The second kappa shape index (κ2) is 38.7. The van der Waals surface area contributed by atoms with Crippen LogP contribution in [0.2, 0.25) is 25.7 Å². The number of nitrogens with one attached hydrogen (secondary N) is 3. The summed E-state index contributed by atoms with van der Waals surface area (Å²) in [6, 6.07) is -2.93. The lowest BCUT2D eigenvalue weighted by atomic mass is 9.87. The first-order valence-corrected chi connectivity index (χ1v) is 34.7. The quantitative estimate of drug-likeness (QED) is 0.0655. The normalized spacial score (nSPS) is 41.3. The van der Waals surface area contributed by atoms with E-state index in [2.05, 4.69) is 35.6 Å². The van der Waals surface area contributed by atoms with Gasteiger partial charge in [-0.15, -0.1) is 0 Å². The first-order valence-electron chi connectivity index (χ1n) is 31.0. The van der Waals surface area contributed by atoms with E-state index >= 15 is 0 Å². The summed E-state index contributed by atoms with van der Waals surface area (Å²) in [5.74, 6) is -3.96. The van der Waals surface area contributed by atoms with Gasteiger partial charge < -0.3 is 121 Å². The molecule has 90 heavy (non-hydrogen) atoms. The van der Waals surface area contributed by atoms with Gasteiger partial charge in [-0.3, -0.25) is 4.79 Å². The molecule has 2 bridgehead atoms. The van der Waals surface area contributed by atoms with Gasteiger partial charge in [-0.2, -0.15) is 0 Å². The third-order valence-corrected chi connectivity index (χ3v) is 17.8. The number of allylic oxidation sites excluding steroid dienone is 12. The second-order valence-electron chi connectivity index (χ2n) is 25.1. The Bertz CT molecular complexity index is 2360. The van der Waals surface area contributed by atoms with Gasteiger partial charge in [0.25, 0.3) is 0 Å². The van der Waals surface area contributed by atoms with Crippen LogP contribution >= 0.6 is 0 Å². The van der Waals surface area contributed by atoms with Crippen molar-refractivity contribution in [3.63, 3.8) is 0 Å². The molecule has 4 heterocycles. The molecule has 4 rings (SSSR count). The molecule has 0 saturated carbocycles. The summed E-state index contributed by atoms with van der Waals surface area (Å²) in [5.41, 5.74) is 0. The minimum atomic E-state index is -2.40. The van der Waals surface area contributed by atoms with Gasteiger partial charge in [-0.25, -0.2) is 9.59 Å². The Hall–Kier alpha value is -4.35. The zero-order valence-electron chi connectivity index (χ0n) is 52.6. The Balaban J connectivity index is 1.64. The zero-order valence-corrected chi connectivity index (χ0v) is 53.6. The van der Waals surface area contributed by atoms with E-state index in [1.54, 1.807) is 86.8 Å². The topological polar surface area (TPSA) is 435 Å². The molecule has 1 unspecified atom stereocenters. The molecule has 0 spiro atoms. The number of cyclic esters (lactones) is 1. The van der Waals surface area contributed by atoms with Crippen molar-refractivity contribution < 1.29 is 119 Å². The number of esters is 1. The van der Waals surface area contributed by atoms with Gasteiger partial charge in [0.2, 0.25) is 0 Å². The molecule has 24 atom stereocenters. The van der Waals surface area contributed by atoms with Crippen molar-refractivity contribution in [2.75, 3.05) is 26.4 Å². The Labute approximate surface area is 528 Å². The highest BCUT2D eigenvalue weighted by Gasteiger charge is 2.50. The number of fused-ring (bicyclic) bond motifs is 2. The van der Waals surface area contributed by atoms with Gasteiger partial charge in [0, 0.05) is 52.1 Å². The standard InChI is InChI=1S/C62H103N3O24Si/c1-36-21-18-16-14-12-10-8-9-11-13-15-17-19-22-43(87-59-55(77)51(53(75)39(4)86-59)65-61(81)84-27-28-90(5,6)7)32-47-50(64-60(80)63-25-20-26-83-58-57(79)56(78)54(76)48(35-66)88-58)46(72)34-62(82,89-47)33-42(69)30-45(71)44(70)24-23-40(67)29-41(68)31-49(73)85-38(3)37(2)52(36)74/h8-19,21-22,36-48,50-59,66-72,74-79,82H,20,23-35H2,1-7H3,(H,65,81)(H2,63,64,80)/b9-8+,12-10+,13-11+,16-14+,17-15+,21-18+,22-19+/t36-,37-,38?,39+,40+,41+,42-,43-,44+,45+,46-,47-,48+,50+,51-,52+,53+,54+,55-,56-,57-,58-,59-,62+/m0/s1. The Morgan fingerprint density at radius 3 is 1.87 bits per heavy atom. The van der Waals surface area contributed by atoms with Crippen LogP contribution in [-0.4, -0.2) is 258 Å². The fraction of sp³-hybridized carbons (Fsp3) is 0.726. The summed E-state index contributed by atoms with van der Waals surface area (Å²) >= 11 is 0. The molecule has 27 nitrogen and oxygen atoms in total. The number of urea groups is 1. The van der Waals surface area contributed by atoms with Crippen LogP contribution in [-0.2, 0) is 38.0 Å². The third-order valence-electron chi connectivity index (χ3n) is 16.1. The number of hydrogen-bond donors (Lipinski definition) is 17. The highest BCUT2D eigenvalue weighted by atomic mass is 28.3. The van der Waals surface area contributed by atoms with Crippen LogP contribution in [0.3, 0.4) is 0 Å². The average molecular weight is 1300 g/mol. The van der Waals surface area contributed by atoms with Crippen LogP contribution in [0.5, 0.6) is 0 Å². The van der Waals surface area contributed by atoms with Gasteiger partial charge in [-0.05, 0) is 45.6 Å². The summed E-state index contributed by atoms with van der Waals surface area (Å²) in [6.45, 7) is 12.2. The molecule has 0 radical (unpaired) electrons. The van der Waals surface area contributed by atoms with Crippen LogP contribution in [0, 0.1) is 11.8 Å². The lowest BCUT2D eigenvalue weighted by Crippen LogP contribution is -2.65. The van der Waals surface area contributed by atoms with Crippen molar-refractivity contribution in [2.45, 2.75) is 245 Å². The van der Waals surface area contributed by atoms with E-state index < -0.39 is 199 Å². The van der Waals surface area contributed by atoms with Crippen molar-refractivity contribution in [2.24, 2.45) is 11.8 Å². The molecule has 17 N–H and O–H groups in total. The number of alkyl carbamates (subject to hydrolysis) is 1. The Morgan fingerprint density at radius 2 is 1.24 bits per heavy atom. The van der Waals surface area contributed by atoms with E-state index in [9.17, 15) is 85.9 Å². The predicted molar refractivity (Wildman–Crippen MR) is 329 cm³/mol. The molecule has 0 aromatic rings. The summed E-state index contributed by atoms with van der Waals surface area (Å²) in [5, 5.41) is 161. The van der Waals surface area contributed by atoms with Crippen LogP contribution in [0.4, 0.5) is 9.59 Å². The highest BCUT2D eigenvalue weighted by Crippen LogP contribution is 2.36. The third kappa shape index (κ3) is 26.9. The van der Waals surface area contributed by atoms with E-state index in [-0.39, 0.29) is 57.8 Å². The zero-order chi connectivity index (χ0) is 66.9. The first kappa shape index (κ1) is 78.1. The number of rotatable bonds is 13. The highest BCUT2D eigenvalue weighted by molar-refractivity contribution is 6.76. The van der Waals surface area contributed by atoms with Gasteiger partial charge in [0.05, 0.1) is 99.4 Å². The fourth-order valence-electron chi connectivity index (χ4n) is 10.5. The molecule has 3 amide bonds. The van der Waals surface area contributed by atoms with Crippen molar-refractivity contribution in [3.05, 3.63) is 85.1 Å². The molecule has 0 aliphatic carbocycles. The second-order valence-corrected chi connectivity index (χ2v) is 30.7. The minimum absolute atomic E-state index is 0.0799. The molecule has 4 aliphatic heterocycles. The van der Waals surface area contributed by atoms with Gasteiger partial charge in [0.1, 0.15) is 42.7 Å². The molecule has 3 saturated heterocycles. The van der Waals surface area contributed by atoms with Crippen molar-refractivity contribution in [1.82, 2.24) is 16.0 Å². The smallest absolute Gasteiger partial charge is 0.407 e. The van der Waals surface area contributed by atoms with Crippen molar-refractivity contribution in [1.29, 1.82) is 0 Å². The summed E-state index contributed by atoms with van der Waals surface area (Å²) < 4.78 is 40.5. The van der Waals surface area contributed by atoms with E-state index in [4.69, 9.17) is 33.2 Å². The van der Waals surface area contributed by atoms with Gasteiger partial charge in [-0.1, -0.05) is 119 Å². The minimum Gasteiger partial charge on any atom is -0.462 e. The number of carbonyl (C=O) groups is 3. The van der Waals surface area contributed by atoms with Gasteiger partial charge >= 0.3 is 18.1 Å². The van der Waals surface area contributed by atoms with E-state index in [1.807, 2.05) is 13.0 Å². The predicted octanol–water partition coefficient (Wildman–Crippen LogP) is -0.00900. The fourth-order valence-corrected chi connectivity index (χ4v) is 11.2. The lowest BCUT2D eigenvalue weighted by Gasteiger charge is -2.46. The van der Waals surface area contributed by atoms with Crippen LogP contribution in [0.25, 0.3) is 0 Å². The number of hydrogen-bond acceptors (Lipinski definition) is 24. The van der Waals surface area contributed by atoms with Gasteiger partial charge in [0.15, 0.2) is 18.4 Å². The average Bonchev–Trinajstić information content (AvgIpc) is 0.928. The summed E-state index contributed by atoms with van der Waals surface area (Å²) in [4.78, 5) is 39.5. The number of ether oxygens (including phenoxy) is 7. The maximum atomic E-state index is 13.6. The van der Waals surface area contributed by atoms with E-state index in [1.165, 1.54) is 13.0 Å².